The first kappa shape index (κ1) is 18.2. The molecule has 2 amide bonds. The van der Waals surface area contributed by atoms with Crippen molar-refractivity contribution in [2.75, 3.05) is 52.8 Å². The van der Waals surface area contributed by atoms with Crippen LogP contribution in [-0.4, -0.2) is 69.4 Å². The molecule has 1 saturated heterocycles. The van der Waals surface area contributed by atoms with E-state index in [1.165, 1.54) is 0 Å². The van der Waals surface area contributed by atoms with Crippen LogP contribution in [0.3, 0.4) is 0 Å². The largest absolute Gasteiger partial charge is 0.493 e. The highest BCUT2D eigenvalue weighted by Gasteiger charge is 2.23. The number of piperazine rings is 1. The van der Waals surface area contributed by atoms with Crippen molar-refractivity contribution >= 4 is 11.7 Å². The normalized spacial score (nSPS) is 15.3. The highest BCUT2D eigenvalue weighted by Crippen LogP contribution is 2.39. The van der Waals surface area contributed by atoms with Gasteiger partial charge in [-0.3, -0.25) is 4.90 Å². The molecular formula is C17H27N3O4. The standard InChI is InChI=1S/C17H27N3O4/c1-12(2)19-6-8-20(9-7-19)17(21)18-13-10-14(22-3)16(24-5)15(11-13)23-4/h10-12H,6-9H2,1-5H3,(H,18,21). The molecule has 0 atom stereocenters. The second-order valence-corrected chi connectivity index (χ2v) is 5.96. The molecule has 1 aromatic carbocycles. The van der Waals surface area contributed by atoms with Crippen LogP contribution >= 0.6 is 0 Å². The van der Waals surface area contributed by atoms with Gasteiger partial charge in [0.15, 0.2) is 11.5 Å². The topological polar surface area (TPSA) is 63.3 Å². The van der Waals surface area contributed by atoms with Gasteiger partial charge in [0, 0.05) is 44.4 Å². The van der Waals surface area contributed by atoms with Crippen LogP contribution in [0.5, 0.6) is 17.2 Å². The second-order valence-electron chi connectivity index (χ2n) is 5.96. The second kappa shape index (κ2) is 8.10. The number of amides is 2. The maximum absolute atomic E-state index is 12.5. The summed E-state index contributed by atoms with van der Waals surface area (Å²) in [5, 5.41) is 2.91. The van der Waals surface area contributed by atoms with Crippen molar-refractivity contribution in [1.82, 2.24) is 9.80 Å². The highest BCUT2D eigenvalue weighted by atomic mass is 16.5. The third-order valence-corrected chi connectivity index (χ3v) is 4.25. The maximum Gasteiger partial charge on any atom is 0.321 e. The average Bonchev–Trinajstić information content (AvgIpc) is 2.60. The van der Waals surface area contributed by atoms with Crippen LogP contribution in [-0.2, 0) is 0 Å². The van der Waals surface area contributed by atoms with Crippen LogP contribution in [0.4, 0.5) is 10.5 Å². The predicted octanol–water partition coefficient (Wildman–Crippen LogP) is 2.27. The maximum atomic E-state index is 12.5. The molecule has 7 nitrogen and oxygen atoms in total. The van der Waals surface area contributed by atoms with E-state index < -0.39 is 0 Å². The number of nitrogens with zero attached hydrogens (tertiary/aromatic N) is 2. The zero-order valence-corrected chi connectivity index (χ0v) is 15.1. The van der Waals surface area contributed by atoms with Crippen LogP contribution in [0.2, 0.25) is 0 Å². The molecule has 24 heavy (non-hydrogen) atoms. The van der Waals surface area contributed by atoms with Crippen LogP contribution in [0, 0.1) is 0 Å². The van der Waals surface area contributed by atoms with Crippen molar-refractivity contribution in [3.8, 4) is 17.2 Å². The first-order valence-electron chi connectivity index (χ1n) is 8.10. The molecule has 1 heterocycles. The highest BCUT2D eigenvalue weighted by molar-refractivity contribution is 5.90. The van der Waals surface area contributed by atoms with Crippen LogP contribution in [0.1, 0.15) is 13.8 Å². The molecule has 1 aliphatic rings. The van der Waals surface area contributed by atoms with Gasteiger partial charge in [-0.2, -0.15) is 0 Å². The van der Waals surface area contributed by atoms with Crippen molar-refractivity contribution in [3.63, 3.8) is 0 Å². The molecule has 1 aliphatic heterocycles. The number of benzene rings is 1. The lowest BCUT2D eigenvalue weighted by molar-refractivity contribution is 0.125. The van der Waals surface area contributed by atoms with Crippen LogP contribution < -0.4 is 19.5 Å². The van der Waals surface area contributed by atoms with Gasteiger partial charge in [0.2, 0.25) is 5.75 Å². The Morgan fingerprint density at radius 1 is 1.00 bits per heavy atom. The molecule has 1 N–H and O–H groups in total. The Morgan fingerprint density at radius 3 is 1.96 bits per heavy atom. The summed E-state index contributed by atoms with van der Waals surface area (Å²) in [4.78, 5) is 16.7. The zero-order valence-electron chi connectivity index (χ0n) is 15.1. The fourth-order valence-electron chi connectivity index (χ4n) is 2.80. The molecule has 0 spiro atoms. The Labute approximate surface area is 143 Å². The Balaban J connectivity index is 2.07. The molecule has 134 valence electrons. The SMILES string of the molecule is COc1cc(NC(=O)N2CCN(C(C)C)CC2)cc(OC)c1OC. The first-order chi connectivity index (χ1) is 11.5. The summed E-state index contributed by atoms with van der Waals surface area (Å²) < 4.78 is 15.9. The number of carbonyl (C=O) groups is 1. The minimum absolute atomic E-state index is 0.118. The van der Waals surface area contributed by atoms with Crippen molar-refractivity contribution in [2.24, 2.45) is 0 Å². The lowest BCUT2D eigenvalue weighted by Gasteiger charge is -2.36. The number of hydrogen-bond acceptors (Lipinski definition) is 5. The van der Waals surface area contributed by atoms with Gasteiger partial charge in [0.25, 0.3) is 0 Å². The molecule has 0 saturated carbocycles. The van der Waals surface area contributed by atoms with Crippen molar-refractivity contribution < 1.29 is 19.0 Å². The third kappa shape index (κ3) is 4.03. The van der Waals surface area contributed by atoms with E-state index in [-0.39, 0.29) is 6.03 Å². The molecule has 0 unspecified atom stereocenters. The third-order valence-electron chi connectivity index (χ3n) is 4.25. The Morgan fingerprint density at radius 2 is 1.54 bits per heavy atom. The quantitative estimate of drug-likeness (QED) is 0.893. The smallest absolute Gasteiger partial charge is 0.321 e. The lowest BCUT2D eigenvalue weighted by Crippen LogP contribution is -2.51. The van der Waals surface area contributed by atoms with E-state index in [0.29, 0.717) is 42.1 Å². The monoisotopic (exact) mass is 337 g/mol. The van der Waals surface area contributed by atoms with Crippen LogP contribution in [0.25, 0.3) is 0 Å². The van der Waals surface area contributed by atoms with E-state index in [1.54, 1.807) is 33.5 Å². The van der Waals surface area contributed by atoms with Gasteiger partial charge in [-0.05, 0) is 13.8 Å². The van der Waals surface area contributed by atoms with E-state index in [2.05, 4.69) is 24.1 Å². The molecule has 2 rings (SSSR count). The van der Waals surface area contributed by atoms with E-state index in [9.17, 15) is 4.79 Å². The van der Waals surface area contributed by atoms with Crippen molar-refractivity contribution in [3.05, 3.63) is 12.1 Å². The summed E-state index contributed by atoms with van der Waals surface area (Å²) in [5.41, 5.74) is 0.612. The van der Waals surface area contributed by atoms with E-state index in [4.69, 9.17) is 14.2 Å². The summed E-state index contributed by atoms with van der Waals surface area (Å²) in [6.45, 7) is 7.56. The molecule has 0 radical (unpaired) electrons. The number of rotatable bonds is 5. The fraction of sp³-hybridized carbons (Fsp3) is 0.588. The number of hydrogen-bond donors (Lipinski definition) is 1. The van der Waals surface area contributed by atoms with Crippen LogP contribution in [0.15, 0.2) is 12.1 Å². The molecular weight excluding hydrogens is 310 g/mol. The number of anilines is 1. The first-order valence-corrected chi connectivity index (χ1v) is 8.10. The number of nitrogens with one attached hydrogen (secondary N) is 1. The Kier molecular flexibility index (Phi) is 6.14. The lowest BCUT2D eigenvalue weighted by atomic mass is 10.2. The zero-order chi connectivity index (χ0) is 17.7. The van der Waals surface area contributed by atoms with Gasteiger partial charge in [-0.1, -0.05) is 0 Å². The number of urea groups is 1. The summed E-state index contributed by atoms with van der Waals surface area (Å²) in [6, 6.07) is 3.84. The van der Waals surface area contributed by atoms with E-state index in [1.807, 2.05) is 4.90 Å². The summed E-state index contributed by atoms with van der Waals surface area (Å²) in [5.74, 6) is 1.53. The van der Waals surface area contributed by atoms with Crippen molar-refractivity contribution in [1.29, 1.82) is 0 Å². The number of methoxy groups -OCH3 is 3. The summed E-state index contributed by atoms with van der Waals surface area (Å²) >= 11 is 0. The van der Waals surface area contributed by atoms with Gasteiger partial charge in [0.05, 0.1) is 27.0 Å². The Bertz CT molecular complexity index is 544. The molecule has 1 fully saturated rings. The average molecular weight is 337 g/mol. The summed E-state index contributed by atoms with van der Waals surface area (Å²) in [6.07, 6.45) is 0. The Hall–Kier alpha value is -2.15. The van der Waals surface area contributed by atoms with Crippen molar-refractivity contribution in [2.45, 2.75) is 19.9 Å². The fourth-order valence-corrected chi connectivity index (χ4v) is 2.80. The van der Waals surface area contributed by atoms with E-state index in [0.717, 1.165) is 13.1 Å². The van der Waals surface area contributed by atoms with E-state index >= 15 is 0 Å². The van der Waals surface area contributed by atoms with Gasteiger partial charge in [-0.25, -0.2) is 4.79 Å². The predicted molar refractivity (Wildman–Crippen MR) is 93.4 cm³/mol. The van der Waals surface area contributed by atoms with Gasteiger partial charge < -0.3 is 24.4 Å². The molecule has 7 heteroatoms. The minimum Gasteiger partial charge on any atom is -0.493 e. The number of carbonyl (C=O) groups excluding carboxylic acids is 1. The molecule has 0 bridgehead atoms. The van der Waals surface area contributed by atoms with Gasteiger partial charge >= 0.3 is 6.03 Å². The number of ether oxygens (including phenoxy) is 3. The minimum atomic E-state index is -0.118. The molecule has 0 aliphatic carbocycles. The molecule has 0 aromatic heterocycles. The van der Waals surface area contributed by atoms with Gasteiger partial charge in [-0.15, -0.1) is 0 Å². The summed E-state index contributed by atoms with van der Waals surface area (Å²) in [7, 11) is 4.65. The molecule has 1 aromatic rings. The van der Waals surface area contributed by atoms with Gasteiger partial charge in [0.1, 0.15) is 0 Å².